The number of hydrogen-bond acceptors (Lipinski definition) is 1. The minimum atomic E-state index is 0. The molecule has 0 unspecified atom stereocenters. The molecule has 0 saturated carbocycles. The van der Waals surface area contributed by atoms with Gasteiger partial charge >= 0.3 is 0 Å². The molecule has 18 heavy (non-hydrogen) atoms. The average molecular weight is 252 g/mol. The number of nitrogens with zero attached hydrogens (tertiary/aromatic N) is 1. The summed E-state index contributed by atoms with van der Waals surface area (Å²) < 4.78 is 6.30. The second-order valence-electron chi connectivity index (χ2n) is 4.70. The van der Waals surface area contributed by atoms with Crippen molar-refractivity contribution in [3.8, 4) is 0 Å². The van der Waals surface area contributed by atoms with Crippen LogP contribution in [0.3, 0.4) is 0 Å². The Morgan fingerprint density at radius 2 is 1.33 bits per heavy atom. The highest BCUT2D eigenvalue weighted by molar-refractivity contribution is 5.21. The highest BCUT2D eigenvalue weighted by atomic mass is 16.5. The van der Waals surface area contributed by atoms with Gasteiger partial charge in [0.25, 0.3) is 0 Å². The van der Waals surface area contributed by atoms with Gasteiger partial charge in [-0.25, -0.2) is 0 Å². The van der Waals surface area contributed by atoms with Gasteiger partial charge < -0.3 is 9.22 Å². The standard InChI is InChI=1S/C15H26NO.CH4/c1-5-16(6-2,7-3)12-14-8-10-15(11-9-14)13-17-4;/h8-11H,5-7,12-13H2,1-4H3;1H4/q+1;. The molecule has 0 aliphatic carbocycles. The van der Waals surface area contributed by atoms with E-state index in [4.69, 9.17) is 4.74 Å². The Morgan fingerprint density at radius 3 is 1.72 bits per heavy atom. The van der Waals surface area contributed by atoms with Crippen molar-refractivity contribution in [3.05, 3.63) is 35.4 Å². The van der Waals surface area contributed by atoms with E-state index in [1.807, 2.05) is 0 Å². The molecule has 0 N–H and O–H groups in total. The normalized spacial score (nSPS) is 11.1. The topological polar surface area (TPSA) is 9.23 Å². The zero-order chi connectivity index (χ0) is 12.7. The molecule has 0 amide bonds. The van der Waals surface area contributed by atoms with Crippen molar-refractivity contribution in [2.24, 2.45) is 0 Å². The predicted octanol–water partition coefficient (Wildman–Crippen LogP) is 3.85. The fourth-order valence-electron chi connectivity index (χ4n) is 2.30. The summed E-state index contributed by atoms with van der Waals surface area (Å²) in [5, 5.41) is 0. The van der Waals surface area contributed by atoms with E-state index in [1.54, 1.807) is 7.11 Å². The molecule has 0 aromatic heterocycles. The minimum Gasteiger partial charge on any atom is -0.380 e. The molecular weight excluding hydrogens is 222 g/mol. The SMILES string of the molecule is C.CC[N+](CC)(CC)Cc1ccc(COC)cc1. The second kappa shape index (κ2) is 8.28. The molecule has 0 saturated heterocycles. The lowest BCUT2D eigenvalue weighted by Gasteiger charge is -2.35. The van der Waals surface area contributed by atoms with E-state index in [1.165, 1.54) is 35.2 Å². The molecule has 0 fully saturated rings. The smallest absolute Gasteiger partial charge is 0.104 e. The Labute approximate surface area is 113 Å². The zero-order valence-electron chi connectivity index (χ0n) is 11.7. The Hall–Kier alpha value is -0.860. The van der Waals surface area contributed by atoms with E-state index in [2.05, 4.69) is 45.0 Å². The predicted molar refractivity (Wildman–Crippen MR) is 79.5 cm³/mol. The van der Waals surface area contributed by atoms with Gasteiger partial charge in [0.15, 0.2) is 0 Å². The maximum Gasteiger partial charge on any atom is 0.104 e. The van der Waals surface area contributed by atoms with Crippen molar-refractivity contribution in [1.29, 1.82) is 0 Å². The molecular formula is C16H30NO+. The maximum absolute atomic E-state index is 5.13. The zero-order valence-corrected chi connectivity index (χ0v) is 11.7. The number of rotatable bonds is 7. The lowest BCUT2D eigenvalue weighted by molar-refractivity contribution is -0.936. The quantitative estimate of drug-likeness (QED) is 0.670. The van der Waals surface area contributed by atoms with Crippen molar-refractivity contribution in [2.75, 3.05) is 26.7 Å². The van der Waals surface area contributed by atoms with Gasteiger partial charge in [0, 0.05) is 12.7 Å². The van der Waals surface area contributed by atoms with E-state index in [0.29, 0.717) is 6.61 Å². The maximum atomic E-state index is 5.13. The first-order valence-electron chi connectivity index (χ1n) is 6.61. The Bertz CT molecular complexity index is 306. The van der Waals surface area contributed by atoms with Gasteiger partial charge in [-0.1, -0.05) is 31.7 Å². The van der Waals surface area contributed by atoms with Gasteiger partial charge in [0.2, 0.25) is 0 Å². The first kappa shape index (κ1) is 17.1. The summed E-state index contributed by atoms with van der Waals surface area (Å²) >= 11 is 0. The Balaban J connectivity index is 0.00000289. The fraction of sp³-hybridized carbons (Fsp3) is 0.625. The van der Waals surface area contributed by atoms with E-state index in [9.17, 15) is 0 Å². The van der Waals surface area contributed by atoms with Crippen LogP contribution in [0.1, 0.15) is 39.3 Å². The van der Waals surface area contributed by atoms with E-state index in [0.717, 1.165) is 6.54 Å². The molecule has 0 aliphatic heterocycles. The molecule has 0 aliphatic rings. The molecule has 1 aromatic carbocycles. The molecule has 1 rings (SSSR count). The van der Waals surface area contributed by atoms with Crippen LogP contribution in [-0.4, -0.2) is 31.2 Å². The lowest BCUT2D eigenvalue weighted by atomic mass is 10.1. The molecule has 0 atom stereocenters. The number of hydrogen-bond donors (Lipinski definition) is 0. The molecule has 0 radical (unpaired) electrons. The first-order valence-corrected chi connectivity index (χ1v) is 6.61. The van der Waals surface area contributed by atoms with Gasteiger partial charge in [0.05, 0.1) is 26.2 Å². The van der Waals surface area contributed by atoms with E-state index >= 15 is 0 Å². The third-order valence-electron chi connectivity index (χ3n) is 3.86. The fourth-order valence-corrected chi connectivity index (χ4v) is 2.30. The number of methoxy groups -OCH3 is 1. The van der Waals surface area contributed by atoms with Crippen LogP contribution in [0.5, 0.6) is 0 Å². The molecule has 2 heteroatoms. The highest BCUT2D eigenvalue weighted by Crippen LogP contribution is 2.15. The van der Waals surface area contributed by atoms with Crippen molar-refractivity contribution in [3.63, 3.8) is 0 Å². The summed E-state index contributed by atoms with van der Waals surface area (Å²) in [7, 11) is 1.74. The highest BCUT2D eigenvalue weighted by Gasteiger charge is 2.20. The van der Waals surface area contributed by atoms with E-state index in [-0.39, 0.29) is 7.43 Å². The van der Waals surface area contributed by atoms with Crippen LogP contribution in [0.4, 0.5) is 0 Å². The van der Waals surface area contributed by atoms with Crippen molar-refractivity contribution in [1.82, 2.24) is 0 Å². The summed E-state index contributed by atoms with van der Waals surface area (Å²) in [6, 6.07) is 8.83. The minimum absolute atomic E-state index is 0. The Morgan fingerprint density at radius 1 is 0.889 bits per heavy atom. The van der Waals surface area contributed by atoms with Crippen molar-refractivity contribution >= 4 is 0 Å². The van der Waals surface area contributed by atoms with Gasteiger partial charge in [-0.2, -0.15) is 0 Å². The van der Waals surface area contributed by atoms with Crippen LogP contribution >= 0.6 is 0 Å². The molecule has 0 heterocycles. The monoisotopic (exact) mass is 252 g/mol. The second-order valence-corrected chi connectivity index (χ2v) is 4.70. The summed E-state index contributed by atoms with van der Waals surface area (Å²) in [5.74, 6) is 0. The van der Waals surface area contributed by atoms with Gasteiger partial charge in [-0.3, -0.25) is 0 Å². The van der Waals surface area contributed by atoms with Gasteiger partial charge in [0.1, 0.15) is 6.54 Å². The number of quaternary nitrogens is 1. The molecule has 104 valence electrons. The average Bonchev–Trinajstić information content (AvgIpc) is 2.39. The third kappa shape index (κ3) is 4.43. The van der Waals surface area contributed by atoms with Crippen LogP contribution < -0.4 is 0 Å². The number of benzene rings is 1. The third-order valence-corrected chi connectivity index (χ3v) is 3.86. The van der Waals surface area contributed by atoms with Crippen LogP contribution in [-0.2, 0) is 17.9 Å². The summed E-state index contributed by atoms with van der Waals surface area (Å²) in [6.07, 6.45) is 0. The summed E-state index contributed by atoms with van der Waals surface area (Å²) in [4.78, 5) is 0. The van der Waals surface area contributed by atoms with Crippen molar-refractivity contribution < 1.29 is 9.22 Å². The molecule has 2 nitrogen and oxygen atoms in total. The van der Waals surface area contributed by atoms with Crippen molar-refractivity contribution in [2.45, 2.75) is 41.3 Å². The van der Waals surface area contributed by atoms with Crippen LogP contribution in [0.2, 0.25) is 0 Å². The molecule has 1 aromatic rings. The molecule has 0 bridgehead atoms. The van der Waals surface area contributed by atoms with Crippen LogP contribution in [0, 0.1) is 0 Å². The summed E-state index contributed by atoms with van der Waals surface area (Å²) in [5.41, 5.74) is 2.68. The lowest BCUT2D eigenvalue weighted by Crippen LogP contribution is -2.46. The van der Waals surface area contributed by atoms with Crippen LogP contribution in [0.15, 0.2) is 24.3 Å². The van der Waals surface area contributed by atoms with Gasteiger partial charge in [-0.15, -0.1) is 0 Å². The summed E-state index contributed by atoms with van der Waals surface area (Å²) in [6.45, 7) is 12.3. The van der Waals surface area contributed by atoms with Gasteiger partial charge in [-0.05, 0) is 26.3 Å². The number of ether oxygens (including phenoxy) is 1. The Kier molecular flexibility index (Phi) is 7.88. The first-order chi connectivity index (χ1) is 8.19. The largest absolute Gasteiger partial charge is 0.380 e. The molecule has 0 spiro atoms. The van der Waals surface area contributed by atoms with E-state index < -0.39 is 0 Å². The van der Waals surface area contributed by atoms with Crippen LogP contribution in [0.25, 0.3) is 0 Å².